The number of anilines is 1. The van der Waals surface area contributed by atoms with Gasteiger partial charge < -0.3 is 20.1 Å². The van der Waals surface area contributed by atoms with Gasteiger partial charge in [0, 0.05) is 48.1 Å². The molecule has 3 unspecified atom stereocenters. The maximum absolute atomic E-state index is 15.3. The lowest BCUT2D eigenvalue weighted by Gasteiger charge is -2.35. The highest BCUT2D eigenvalue weighted by molar-refractivity contribution is 5.96. The predicted molar refractivity (Wildman–Crippen MR) is 159 cm³/mol. The summed E-state index contributed by atoms with van der Waals surface area (Å²) in [6, 6.07) is 7.87. The molecule has 4 aromatic rings. The van der Waals surface area contributed by atoms with E-state index in [1.807, 2.05) is 0 Å². The van der Waals surface area contributed by atoms with E-state index in [4.69, 9.17) is 14.7 Å². The van der Waals surface area contributed by atoms with E-state index in [-0.39, 0.29) is 22.2 Å². The first kappa shape index (κ1) is 27.0. The number of hydrogen-bond donors (Lipinski definition) is 2. The topological polar surface area (TPSA) is 75.4 Å². The van der Waals surface area contributed by atoms with Crippen LogP contribution in [-0.2, 0) is 0 Å². The van der Waals surface area contributed by atoms with Crippen LogP contribution in [0.2, 0.25) is 0 Å². The van der Waals surface area contributed by atoms with E-state index in [1.54, 1.807) is 17.0 Å². The molecule has 4 aliphatic rings. The van der Waals surface area contributed by atoms with Crippen LogP contribution >= 0.6 is 0 Å². The summed E-state index contributed by atoms with van der Waals surface area (Å²) in [4.78, 5) is 12.0. The molecule has 0 radical (unpaired) electrons. The van der Waals surface area contributed by atoms with Crippen molar-refractivity contribution in [2.45, 2.75) is 76.0 Å². The molecule has 4 fully saturated rings. The van der Waals surface area contributed by atoms with Gasteiger partial charge in [-0.2, -0.15) is 4.98 Å². The number of rotatable bonds is 5. The molecule has 4 heterocycles. The number of aromatic nitrogens is 3. The van der Waals surface area contributed by atoms with E-state index in [1.165, 1.54) is 18.2 Å². The highest BCUT2D eigenvalue weighted by Crippen LogP contribution is 2.52. The minimum atomic E-state index is -0.987. The van der Waals surface area contributed by atoms with Crippen molar-refractivity contribution < 1.29 is 23.0 Å². The van der Waals surface area contributed by atoms with Crippen molar-refractivity contribution >= 4 is 27.6 Å². The number of phenolic OH excluding ortho intramolecular Hbond substituents is 1. The molecule has 2 N–H and O–H groups in total. The average molecular weight is 592 g/mol. The van der Waals surface area contributed by atoms with Crippen LogP contribution in [0, 0.1) is 23.0 Å². The van der Waals surface area contributed by atoms with Gasteiger partial charge in [0.2, 0.25) is 5.88 Å². The summed E-state index contributed by atoms with van der Waals surface area (Å²) in [5.74, 6) is -0.482. The Morgan fingerprint density at radius 2 is 1.84 bits per heavy atom. The van der Waals surface area contributed by atoms with Crippen LogP contribution in [0.1, 0.15) is 57.8 Å². The number of nitrogens with zero attached hydrogens (tertiary/aromatic N) is 4. The number of fused-ring (bicyclic) bond motifs is 5. The number of imidazole rings is 1. The zero-order chi connectivity index (χ0) is 29.3. The molecule has 2 saturated carbocycles. The molecule has 5 atom stereocenters. The minimum absolute atomic E-state index is 0.0540. The molecule has 2 aliphatic heterocycles. The largest absolute Gasteiger partial charge is 0.508 e. The lowest BCUT2D eigenvalue weighted by atomic mass is 9.74. The van der Waals surface area contributed by atoms with Crippen LogP contribution in [0.4, 0.5) is 19.0 Å². The molecule has 2 saturated heterocycles. The molecule has 2 aromatic heterocycles. The summed E-state index contributed by atoms with van der Waals surface area (Å²) in [6.45, 7) is 1.95. The Hall–Kier alpha value is -3.53. The number of piperazine rings is 1. The number of alkyl halides is 1. The fourth-order valence-corrected chi connectivity index (χ4v) is 8.51. The summed E-state index contributed by atoms with van der Waals surface area (Å²) in [6.07, 6.45) is 9.19. The fraction of sp³-hybridized carbons (Fsp3) is 0.515. The average Bonchev–Trinajstić information content (AvgIpc) is 3.67. The summed E-state index contributed by atoms with van der Waals surface area (Å²) in [7, 11) is 0. The quantitative estimate of drug-likeness (QED) is 0.273. The second-order valence-electron chi connectivity index (χ2n) is 13.2. The molecule has 2 aromatic carbocycles. The first-order valence-electron chi connectivity index (χ1n) is 15.6. The van der Waals surface area contributed by atoms with E-state index >= 15 is 4.39 Å². The molecular weight excluding hydrogens is 555 g/mol. The van der Waals surface area contributed by atoms with Gasteiger partial charge in [0.15, 0.2) is 17.5 Å². The molecule has 2 bridgehead atoms. The number of aromatic hydroxyl groups is 1. The molecule has 0 spiro atoms. The van der Waals surface area contributed by atoms with Crippen LogP contribution in [0.5, 0.6) is 11.6 Å². The Bertz CT molecular complexity index is 1700. The van der Waals surface area contributed by atoms with Crippen molar-refractivity contribution in [2.24, 2.45) is 11.3 Å². The first-order chi connectivity index (χ1) is 20.9. The van der Waals surface area contributed by atoms with Gasteiger partial charge in [-0.15, -0.1) is 0 Å². The van der Waals surface area contributed by atoms with Gasteiger partial charge in [0.1, 0.15) is 23.8 Å². The highest BCUT2D eigenvalue weighted by Gasteiger charge is 2.46. The smallest absolute Gasteiger partial charge is 0.217 e. The summed E-state index contributed by atoms with van der Waals surface area (Å²) in [5.41, 5.74) is 1.31. The van der Waals surface area contributed by atoms with Crippen LogP contribution in [0.25, 0.3) is 27.5 Å². The van der Waals surface area contributed by atoms with E-state index < -0.39 is 17.8 Å². The second kappa shape index (κ2) is 10.3. The molecule has 10 heteroatoms. The zero-order valence-electron chi connectivity index (χ0n) is 24.0. The van der Waals surface area contributed by atoms with Gasteiger partial charge >= 0.3 is 0 Å². The van der Waals surface area contributed by atoms with Crippen molar-refractivity contribution in [3.05, 3.63) is 48.3 Å². The van der Waals surface area contributed by atoms with Crippen LogP contribution < -0.4 is 15.0 Å². The third-order valence-corrected chi connectivity index (χ3v) is 10.5. The molecule has 2 aliphatic carbocycles. The third-order valence-electron chi connectivity index (χ3n) is 10.5. The zero-order valence-corrected chi connectivity index (χ0v) is 24.0. The molecule has 8 rings (SSSR count). The number of pyridine rings is 1. The number of halogens is 3. The number of phenols is 1. The molecule has 43 heavy (non-hydrogen) atoms. The van der Waals surface area contributed by atoms with Crippen molar-refractivity contribution in [3.63, 3.8) is 0 Å². The Morgan fingerprint density at radius 3 is 2.67 bits per heavy atom. The molecule has 226 valence electrons. The molecule has 7 nitrogen and oxygen atoms in total. The maximum Gasteiger partial charge on any atom is 0.217 e. The van der Waals surface area contributed by atoms with Crippen molar-refractivity contribution in [3.8, 4) is 17.3 Å². The van der Waals surface area contributed by atoms with E-state index in [0.29, 0.717) is 65.6 Å². The second-order valence-corrected chi connectivity index (χ2v) is 13.2. The lowest BCUT2D eigenvalue weighted by Crippen LogP contribution is -2.51. The Morgan fingerprint density at radius 1 is 1.02 bits per heavy atom. The molecular formula is C33H36F3N5O2. The number of ether oxygens (including phenoxy) is 1. The van der Waals surface area contributed by atoms with E-state index in [2.05, 4.69) is 10.2 Å². The first-order valence-corrected chi connectivity index (χ1v) is 15.6. The predicted octanol–water partition coefficient (Wildman–Crippen LogP) is 6.58. The van der Waals surface area contributed by atoms with Crippen LogP contribution in [-0.4, -0.2) is 57.6 Å². The van der Waals surface area contributed by atoms with Gasteiger partial charge in [0.05, 0.1) is 17.8 Å². The summed E-state index contributed by atoms with van der Waals surface area (Å²) in [5, 5.41) is 14.6. The fourth-order valence-electron chi connectivity index (χ4n) is 8.51. The van der Waals surface area contributed by atoms with Gasteiger partial charge in [-0.05, 0) is 68.4 Å². The van der Waals surface area contributed by atoms with Gasteiger partial charge in [0.25, 0.3) is 0 Å². The van der Waals surface area contributed by atoms with Crippen molar-refractivity contribution in [1.82, 2.24) is 19.9 Å². The maximum atomic E-state index is 15.3. The number of benzene rings is 2. The van der Waals surface area contributed by atoms with E-state index in [9.17, 15) is 13.9 Å². The Balaban J connectivity index is 1.25. The van der Waals surface area contributed by atoms with E-state index in [0.717, 1.165) is 64.1 Å². The summed E-state index contributed by atoms with van der Waals surface area (Å²) < 4.78 is 52.8. The third kappa shape index (κ3) is 4.60. The van der Waals surface area contributed by atoms with Gasteiger partial charge in [-0.25, -0.2) is 18.2 Å². The lowest BCUT2D eigenvalue weighted by molar-refractivity contribution is 0.0674. The minimum Gasteiger partial charge on any atom is -0.508 e. The van der Waals surface area contributed by atoms with Gasteiger partial charge in [-0.1, -0.05) is 18.9 Å². The summed E-state index contributed by atoms with van der Waals surface area (Å²) >= 11 is 0. The Kier molecular flexibility index (Phi) is 6.47. The number of hydrogen-bond acceptors (Lipinski definition) is 6. The monoisotopic (exact) mass is 591 g/mol. The van der Waals surface area contributed by atoms with Crippen LogP contribution in [0.15, 0.2) is 36.7 Å². The standard InChI is InChI=1S/C33H36F3N5O2/c34-21-5-1-3-20-4-2-10-33(20,14-21)17-43-28-13-27-31(32(39-28)40-15-22-7-8-23(16-40)38-22)37-18-41(27)26-12-24(42)11-19-6-9-25(35)30(36)29(19)26/h6,9,11-13,18,20-23,38,42H,1-5,7-8,10,14-17H2/t20?,21-,22?,23?,33-/m0/s1. The SMILES string of the molecule is Oc1cc(-n2cnc3c(N4CC5CCC(C4)N5)nc(OC[C@@]45CCCC4CCC[C@H](F)C5)cc32)c2c(F)c(F)ccc2c1. The Labute approximate surface area is 248 Å². The highest BCUT2D eigenvalue weighted by atomic mass is 19.2. The van der Waals surface area contributed by atoms with Gasteiger partial charge in [-0.3, -0.25) is 4.57 Å². The molecule has 0 amide bonds. The normalized spacial score (nSPS) is 28.9. The van der Waals surface area contributed by atoms with Crippen LogP contribution in [0.3, 0.4) is 0 Å². The van der Waals surface area contributed by atoms with Crippen molar-refractivity contribution in [1.29, 1.82) is 0 Å². The van der Waals surface area contributed by atoms with Crippen molar-refractivity contribution in [2.75, 3.05) is 24.6 Å². The number of nitrogens with one attached hydrogen (secondary N) is 1.